The maximum Gasteiger partial charge on any atom is 0.117 e. The maximum absolute atomic E-state index is 8.10. The first kappa shape index (κ1) is 6.77. The van der Waals surface area contributed by atoms with Crippen LogP contribution < -0.4 is 5.73 Å². The van der Waals surface area contributed by atoms with E-state index < -0.39 is 0 Å². The Balaban J connectivity index is 4.01. The van der Waals surface area contributed by atoms with Crippen molar-refractivity contribution in [3.63, 3.8) is 0 Å². The fraction of sp³-hybridized carbons (Fsp3) is 0.167. The molecule has 2 N–H and O–H groups in total. The van der Waals surface area contributed by atoms with E-state index in [1.807, 2.05) is 0 Å². The average molecular weight is 108 g/mol. The minimum Gasteiger partial charge on any atom is -0.390 e. The fourth-order valence-corrected chi connectivity index (χ4v) is 0.298. The Labute approximate surface area is 48.9 Å². The molecule has 0 bridgehead atoms. The summed E-state index contributed by atoms with van der Waals surface area (Å²) in [5.74, 6) is 0. The van der Waals surface area contributed by atoms with Crippen LogP contribution in [0.4, 0.5) is 0 Å². The second kappa shape index (κ2) is 2.86. The van der Waals surface area contributed by atoms with E-state index in [1.54, 1.807) is 13.0 Å². The first-order valence-corrected chi connectivity index (χ1v) is 2.19. The number of nitrogens with two attached hydrogens (primary N) is 1. The summed E-state index contributed by atoms with van der Waals surface area (Å²) >= 11 is 0. The molecular formula is C6H8N2. The normalized spacial score (nSPS) is 10.2. The molecule has 0 atom stereocenters. The Morgan fingerprint density at radius 3 is 2.50 bits per heavy atom. The van der Waals surface area contributed by atoms with Gasteiger partial charge in [0.2, 0.25) is 0 Å². The maximum atomic E-state index is 8.10. The van der Waals surface area contributed by atoms with E-state index >= 15 is 0 Å². The summed E-state index contributed by atoms with van der Waals surface area (Å²) in [7, 11) is 0. The van der Waals surface area contributed by atoms with Crippen LogP contribution in [0, 0.1) is 11.3 Å². The third-order valence-electron chi connectivity index (χ3n) is 0.531. The van der Waals surface area contributed by atoms with Crippen molar-refractivity contribution in [2.45, 2.75) is 6.92 Å². The summed E-state index contributed by atoms with van der Waals surface area (Å²) in [6, 6.07) is 1.77. The van der Waals surface area contributed by atoms with Gasteiger partial charge in [-0.1, -0.05) is 12.2 Å². The largest absolute Gasteiger partial charge is 0.390 e. The predicted molar refractivity (Wildman–Crippen MR) is 32.7 cm³/mol. The van der Waals surface area contributed by atoms with Crippen molar-refractivity contribution in [2.75, 3.05) is 0 Å². The molecule has 0 heterocycles. The molecule has 42 valence electrons. The molecule has 0 aliphatic heterocycles. The third-order valence-corrected chi connectivity index (χ3v) is 0.531. The molecule has 0 amide bonds. The molecule has 0 aromatic heterocycles. The lowest BCUT2D eigenvalue weighted by Crippen LogP contribution is -1.91. The minimum absolute atomic E-state index is 0.206. The van der Waals surface area contributed by atoms with Crippen molar-refractivity contribution in [1.82, 2.24) is 0 Å². The number of nitriles is 1. The van der Waals surface area contributed by atoms with Crippen LogP contribution in [0.2, 0.25) is 0 Å². The Morgan fingerprint density at radius 2 is 2.38 bits per heavy atom. The van der Waals surface area contributed by atoms with Crippen LogP contribution in [0.5, 0.6) is 0 Å². The van der Waals surface area contributed by atoms with Crippen LogP contribution in [0.25, 0.3) is 0 Å². The van der Waals surface area contributed by atoms with Gasteiger partial charge in [0.1, 0.15) is 11.8 Å². The fourth-order valence-electron chi connectivity index (χ4n) is 0.298. The van der Waals surface area contributed by atoms with Crippen molar-refractivity contribution < 1.29 is 0 Å². The van der Waals surface area contributed by atoms with Crippen molar-refractivity contribution in [1.29, 1.82) is 5.26 Å². The van der Waals surface area contributed by atoms with E-state index in [0.717, 1.165) is 5.57 Å². The highest BCUT2D eigenvalue weighted by Gasteiger charge is 1.80. The van der Waals surface area contributed by atoms with Gasteiger partial charge >= 0.3 is 0 Å². The Morgan fingerprint density at radius 1 is 1.88 bits per heavy atom. The number of nitrogens with zero attached hydrogens (tertiary/aromatic N) is 1. The number of hydrogen-bond donors (Lipinski definition) is 1. The Hall–Kier alpha value is -1.23. The van der Waals surface area contributed by atoms with Crippen molar-refractivity contribution >= 4 is 0 Å². The lowest BCUT2D eigenvalue weighted by Gasteiger charge is -1.83. The van der Waals surface area contributed by atoms with Crippen LogP contribution in [0.3, 0.4) is 0 Å². The van der Waals surface area contributed by atoms with Gasteiger partial charge in [0.25, 0.3) is 0 Å². The summed E-state index contributed by atoms with van der Waals surface area (Å²) in [5, 5.41) is 8.10. The summed E-state index contributed by atoms with van der Waals surface area (Å²) in [6.45, 7) is 5.32. The molecule has 0 spiro atoms. The predicted octanol–water partition coefficient (Wildman–Crippen LogP) is 0.929. The van der Waals surface area contributed by atoms with E-state index in [4.69, 9.17) is 11.0 Å². The SMILES string of the molecule is C=C(C)/C=C(/N)C#N. The highest BCUT2D eigenvalue weighted by Crippen LogP contribution is 1.90. The summed E-state index contributed by atoms with van der Waals surface area (Å²) in [6.07, 6.45) is 1.53. The topological polar surface area (TPSA) is 49.8 Å². The molecule has 0 unspecified atom stereocenters. The van der Waals surface area contributed by atoms with E-state index in [0.29, 0.717) is 0 Å². The molecule has 2 heteroatoms. The summed E-state index contributed by atoms with van der Waals surface area (Å²) in [4.78, 5) is 0. The van der Waals surface area contributed by atoms with Crippen molar-refractivity contribution in [2.24, 2.45) is 5.73 Å². The molecule has 2 nitrogen and oxygen atoms in total. The van der Waals surface area contributed by atoms with Crippen molar-refractivity contribution in [3.05, 3.63) is 23.9 Å². The highest BCUT2D eigenvalue weighted by molar-refractivity contribution is 5.25. The third kappa shape index (κ3) is 2.98. The van der Waals surface area contributed by atoms with Gasteiger partial charge in [-0.25, -0.2) is 0 Å². The first-order valence-electron chi connectivity index (χ1n) is 2.19. The van der Waals surface area contributed by atoms with Crippen LogP contribution in [0.15, 0.2) is 23.9 Å². The van der Waals surface area contributed by atoms with E-state index in [9.17, 15) is 0 Å². The van der Waals surface area contributed by atoms with Gasteiger partial charge < -0.3 is 5.73 Å². The zero-order chi connectivity index (χ0) is 6.57. The monoisotopic (exact) mass is 108 g/mol. The molecule has 0 saturated carbocycles. The molecule has 0 fully saturated rings. The van der Waals surface area contributed by atoms with E-state index in [1.165, 1.54) is 6.08 Å². The lowest BCUT2D eigenvalue weighted by molar-refractivity contribution is 1.36. The molecule has 8 heavy (non-hydrogen) atoms. The Kier molecular flexibility index (Phi) is 2.42. The smallest absolute Gasteiger partial charge is 0.117 e. The zero-order valence-corrected chi connectivity index (χ0v) is 4.81. The van der Waals surface area contributed by atoms with Gasteiger partial charge in [0.15, 0.2) is 0 Å². The molecule has 0 radical (unpaired) electrons. The van der Waals surface area contributed by atoms with Crippen LogP contribution >= 0.6 is 0 Å². The quantitative estimate of drug-likeness (QED) is 0.401. The molecule has 0 saturated heterocycles. The second-order valence-electron chi connectivity index (χ2n) is 1.56. The number of hydrogen-bond acceptors (Lipinski definition) is 2. The molecule has 0 aliphatic carbocycles. The summed E-state index contributed by atoms with van der Waals surface area (Å²) < 4.78 is 0. The van der Waals surface area contributed by atoms with Crippen LogP contribution in [-0.2, 0) is 0 Å². The van der Waals surface area contributed by atoms with Gasteiger partial charge in [0.05, 0.1) is 0 Å². The zero-order valence-electron chi connectivity index (χ0n) is 4.81. The van der Waals surface area contributed by atoms with Gasteiger partial charge in [-0.2, -0.15) is 5.26 Å². The van der Waals surface area contributed by atoms with Gasteiger partial charge in [-0.05, 0) is 13.0 Å². The van der Waals surface area contributed by atoms with Gasteiger partial charge in [0, 0.05) is 0 Å². The van der Waals surface area contributed by atoms with Crippen LogP contribution in [-0.4, -0.2) is 0 Å². The van der Waals surface area contributed by atoms with Crippen molar-refractivity contribution in [3.8, 4) is 6.07 Å². The number of allylic oxidation sites excluding steroid dienone is 3. The standard InChI is InChI=1S/C6H8N2/c1-5(2)3-6(8)4-7/h3H,1,8H2,2H3/b6-3+. The number of rotatable bonds is 1. The van der Waals surface area contributed by atoms with Crippen LogP contribution in [0.1, 0.15) is 6.92 Å². The Bertz CT molecular complexity index is 160. The molecule has 0 aliphatic rings. The van der Waals surface area contributed by atoms with Gasteiger partial charge in [-0.15, -0.1) is 0 Å². The summed E-state index contributed by atoms with van der Waals surface area (Å²) in [5.41, 5.74) is 6.11. The average Bonchev–Trinajstić information content (AvgIpc) is 1.65. The minimum atomic E-state index is 0.206. The highest BCUT2D eigenvalue weighted by atomic mass is 14.6. The van der Waals surface area contributed by atoms with E-state index in [-0.39, 0.29) is 5.70 Å². The van der Waals surface area contributed by atoms with E-state index in [2.05, 4.69) is 6.58 Å². The molecular weight excluding hydrogens is 100 g/mol. The lowest BCUT2D eigenvalue weighted by atomic mass is 10.3. The molecule has 0 aromatic carbocycles. The second-order valence-corrected chi connectivity index (χ2v) is 1.56. The van der Waals surface area contributed by atoms with Gasteiger partial charge in [-0.3, -0.25) is 0 Å². The first-order chi connectivity index (χ1) is 3.66. The molecule has 0 rings (SSSR count). The molecule has 0 aromatic rings.